The van der Waals surface area contributed by atoms with Crippen molar-refractivity contribution in [2.24, 2.45) is 11.3 Å². The molecule has 1 saturated carbocycles. The van der Waals surface area contributed by atoms with E-state index in [0.717, 1.165) is 0 Å². The first kappa shape index (κ1) is 9.52. The minimum atomic E-state index is -1.35. The van der Waals surface area contributed by atoms with Gasteiger partial charge in [-0.25, -0.2) is 0 Å². The number of nitrogens with zero attached hydrogens (tertiary/aromatic N) is 1. The van der Waals surface area contributed by atoms with Gasteiger partial charge in [0.2, 0.25) is 0 Å². The Bertz CT molecular complexity index is 275. The lowest BCUT2D eigenvalue weighted by molar-refractivity contribution is -0.161. The largest absolute Gasteiger partial charge is 0.468 e. The summed E-state index contributed by atoms with van der Waals surface area (Å²) in [6.45, 7) is 0. The third kappa shape index (κ3) is 1.15. The van der Waals surface area contributed by atoms with E-state index in [0.29, 0.717) is 0 Å². The molecular weight excluding hydrogens is 174 g/mol. The van der Waals surface area contributed by atoms with Gasteiger partial charge in [0.1, 0.15) is 0 Å². The molecule has 1 atom stereocenters. The summed E-state index contributed by atoms with van der Waals surface area (Å²) in [7, 11) is 2.36. The van der Waals surface area contributed by atoms with Gasteiger partial charge in [0, 0.05) is 0 Å². The number of hydrogen-bond acceptors (Lipinski definition) is 5. The Morgan fingerprint density at radius 2 is 1.85 bits per heavy atom. The summed E-state index contributed by atoms with van der Waals surface area (Å²) in [4.78, 5) is 22.4. The molecule has 70 valence electrons. The summed E-state index contributed by atoms with van der Waals surface area (Å²) in [5.74, 6) is -1.98. The van der Waals surface area contributed by atoms with Gasteiger partial charge < -0.3 is 9.47 Å². The molecule has 0 saturated heterocycles. The Labute approximate surface area is 75.2 Å². The summed E-state index contributed by atoms with van der Waals surface area (Å²) in [6, 6.07) is 1.86. The molecule has 1 aliphatic carbocycles. The number of ether oxygens (including phenoxy) is 2. The van der Waals surface area contributed by atoms with Crippen molar-refractivity contribution in [1.82, 2.24) is 0 Å². The van der Waals surface area contributed by atoms with E-state index >= 15 is 0 Å². The number of esters is 2. The highest BCUT2D eigenvalue weighted by Gasteiger charge is 2.68. The molecule has 1 rings (SSSR count). The smallest absolute Gasteiger partial charge is 0.324 e. The number of rotatable bonds is 2. The second-order valence-corrected chi connectivity index (χ2v) is 2.84. The van der Waals surface area contributed by atoms with Crippen LogP contribution in [0.5, 0.6) is 0 Å². The van der Waals surface area contributed by atoms with Crippen LogP contribution in [-0.2, 0) is 19.1 Å². The molecule has 0 aromatic carbocycles. The second kappa shape index (κ2) is 3.05. The van der Waals surface area contributed by atoms with E-state index in [9.17, 15) is 9.59 Å². The first-order chi connectivity index (χ1) is 6.13. The highest BCUT2D eigenvalue weighted by Crippen LogP contribution is 2.53. The van der Waals surface area contributed by atoms with Gasteiger partial charge in [-0.3, -0.25) is 9.59 Å². The highest BCUT2D eigenvalue weighted by atomic mass is 16.5. The predicted octanol–water partition coefficient (Wildman–Crippen LogP) is -0.138. The van der Waals surface area contributed by atoms with Crippen molar-refractivity contribution < 1.29 is 19.1 Å². The molecule has 0 aromatic rings. The van der Waals surface area contributed by atoms with E-state index in [2.05, 4.69) is 9.47 Å². The Morgan fingerprint density at radius 3 is 2.08 bits per heavy atom. The van der Waals surface area contributed by atoms with Crippen molar-refractivity contribution in [3.8, 4) is 6.07 Å². The lowest BCUT2D eigenvalue weighted by Crippen LogP contribution is -2.30. The van der Waals surface area contributed by atoms with E-state index in [-0.39, 0.29) is 6.42 Å². The number of carbonyl (C=O) groups excluding carboxylic acids is 2. The van der Waals surface area contributed by atoms with Crippen molar-refractivity contribution in [3.63, 3.8) is 0 Å². The van der Waals surface area contributed by atoms with Crippen LogP contribution in [0.2, 0.25) is 0 Å². The first-order valence-corrected chi connectivity index (χ1v) is 3.70. The van der Waals surface area contributed by atoms with Crippen LogP contribution < -0.4 is 0 Å². The van der Waals surface area contributed by atoms with Crippen LogP contribution in [-0.4, -0.2) is 26.2 Å². The maximum absolute atomic E-state index is 11.2. The number of hydrogen-bond donors (Lipinski definition) is 0. The summed E-state index contributed by atoms with van der Waals surface area (Å²) in [5, 5.41) is 8.56. The van der Waals surface area contributed by atoms with Crippen molar-refractivity contribution in [2.75, 3.05) is 14.2 Å². The topological polar surface area (TPSA) is 76.4 Å². The summed E-state index contributed by atoms with van der Waals surface area (Å²) < 4.78 is 8.88. The van der Waals surface area contributed by atoms with E-state index in [1.165, 1.54) is 14.2 Å². The Hall–Kier alpha value is -1.57. The summed E-state index contributed by atoms with van der Waals surface area (Å²) in [5.41, 5.74) is -1.35. The Morgan fingerprint density at radius 1 is 1.38 bits per heavy atom. The molecule has 1 unspecified atom stereocenters. The van der Waals surface area contributed by atoms with Gasteiger partial charge in [-0.05, 0) is 6.42 Å². The molecule has 0 N–H and O–H groups in total. The molecule has 13 heavy (non-hydrogen) atoms. The average Bonchev–Trinajstić information content (AvgIpc) is 2.91. The first-order valence-electron chi connectivity index (χ1n) is 3.70. The van der Waals surface area contributed by atoms with Crippen LogP contribution in [0.3, 0.4) is 0 Å². The van der Waals surface area contributed by atoms with E-state index in [1.807, 2.05) is 6.07 Å². The van der Waals surface area contributed by atoms with Gasteiger partial charge in [-0.2, -0.15) is 5.26 Å². The zero-order chi connectivity index (χ0) is 10.1. The van der Waals surface area contributed by atoms with Crippen LogP contribution in [0.25, 0.3) is 0 Å². The maximum Gasteiger partial charge on any atom is 0.324 e. The quantitative estimate of drug-likeness (QED) is 0.440. The van der Waals surface area contributed by atoms with Crippen LogP contribution in [0.1, 0.15) is 6.42 Å². The van der Waals surface area contributed by atoms with Crippen LogP contribution in [0.15, 0.2) is 0 Å². The molecule has 0 spiro atoms. The lowest BCUT2D eigenvalue weighted by atomic mass is 10.1. The van der Waals surface area contributed by atoms with Gasteiger partial charge >= 0.3 is 11.9 Å². The molecule has 0 radical (unpaired) electrons. The molecule has 0 bridgehead atoms. The fourth-order valence-electron chi connectivity index (χ4n) is 1.32. The average molecular weight is 183 g/mol. The van der Waals surface area contributed by atoms with Crippen molar-refractivity contribution in [1.29, 1.82) is 5.26 Å². The lowest BCUT2D eigenvalue weighted by Gasteiger charge is -2.09. The fraction of sp³-hybridized carbons (Fsp3) is 0.625. The summed E-state index contributed by atoms with van der Waals surface area (Å²) in [6.07, 6.45) is 0.197. The van der Waals surface area contributed by atoms with E-state index in [4.69, 9.17) is 5.26 Å². The minimum Gasteiger partial charge on any atom is -0.468 e. The molecule has 1 aliphatic rings. The van der Waals surface area contributed by atoms with E-state index < -0.39 is 23.3 Å². The van der Waals surface area contributed by atoms with Crippen LogP contribution in [0, 0.1) is 22.7 Å². The Kier molecular flexibility index (Phi) is 2.24. The zero-order valence-corrected chi connectivity index (χ0v) is 7.36. The minimum absolute atomic E-state index is 0.197. The number of carbonyl (C=O) groups is 2. The molecule has 0 amide bonds. The van der Waals surface area contributed by atoms with Crippen molar-refractivity contribution >= 4 is 11.9 Å². The SMILES string of the molecule is COC(=O)C1(C(=O)OC)CC1C#N. The number of nitriles is 1. The standard InChI is InChI=1S/C8H9NO4/c1-12-6(10)8(7(11)13-2)3-5(8)4-9/h5H,3H2,1-2H3. The highest BCUT2D eigenvalue weighted by molar-refractivity contribution is 6.04. The third-order valence-electron chi connectivity index (χ3n) is 2.22. The predicted molar refractivity (Wildman–Crippen MR) is 40.2 cm³/mol. The maximum atomic E-state index is 11.2. The molecule has 5 heteroatoms. The van der Waals surface area contributed by atoms with Gasteiger partial charge in [0.15, 0.2) is 5.41 Å². The molecule has 0 heterocycles. The fourth-order valence-corrected chi connectivity index (χ4v) is 1.32. The molecule has 5 nitrogen and oxygen atoms in total. The second-order valence-electron chi connectivity index (χ2n) is 2.84. The normalized spacial score (nSPS) is 22.7. The van der Waals surface area contributed by atoms with Crippen molar-refractivity contribution in [2.45, 2.75) is 6.42 Å². The molecule has 1 fully saturated rings. The molecular formula is C8H9NO4. The van der Waals surface area contributed by atoms with Crippen LogP contribution >= 0.6 is 0 Å². The van der Waals surface area contributed by atoms with Crippen LogP contribution in [0.4, 0.5) is 0 Å². The van der Waals surface area contributed by atoms with Gasteiger partial charge in [0.25, 0.3) is 0 Å². The summed E-state index contributed by atoms with van der Waals surface area (Å²) >= 11 is 0. The van der Waals surface area contributed by atoms with E-state index in [1.54, 1.807) is 0 Å². The third-order valence-corrected chi connectivity index (χ3v) is 2.22. The number of methoxy groups -OCH3 is 2. The molecule has 0 aromatic heterocycles. The molecule has 0 aliphatic heterocycles. The van der Waals surface area contributed by atoms with Gasteiger partial charge in [-0.15, -0.1) is 0 Å². The zero-order valence-electron chi connectivity index (χ0n) is 7.36. The monoisotopic (exact) mass is 183 g/mol. The van der Waals surface area contributed by atoms with Crippen molar-refractivity contribution in [3.05, 3.63) is 0 Å². The van der Waals surface area contributed by atoms with Gasteiger partial charge in [-0.1, -0.05) is 0 Å². The van der Waals surface area contributed by atoms with Gasteiger partial charge in [0.05, 0.1) is 26.2 Å². The Balaban J connectivity index is 2.88.